The van der Waals surface area contributed by atoms with E-state index in [1.165, 1.54) is 0 Å². The summed E-state index contributed by atoms with van der Waals surface area (Å²) in [6.07, 6.45) is 1.15. The molecule has 0 aromatic heterocycles. The van der Waals surface area contributed by atoms with Gasteiger partial charge < -0.3 is 10.6 Å². The van der Waals surface area contributed by atoms with Gasteiger partial charge in [-0.3, -0.25) is 4.79 Å². The minimum atomic E-state index is 0.180. The molecular formula is C18H24N2O. The van der Waals surface area contributed by atoms with Crippen molar-refractivity contribution in [1.29, 1.82) is 0 Å². The molecule has 112 valence electrons. The van der Waals surface area contributed by atoms with Crippen LogP contribution in [0.3, 0.4) is 0 Å². The van der Waals surface area contributed by atoms with Crippen LogP contribution in [0.15, 0.2) is 18.2 Å². The number of amides is 1. The maximum absolute atomic E-state index is 12.7. The third-order valence-corrected chi connectivity index (χ3v) is 7.28. The largest absolute Gasteiger partial charge is 0.398 e. The zero-order valence-electron chi connectivity index (χ0n) is 13.3. The number of nitrogen functional groups attached to an aromatic ring is 1. The minimum absolute atomic E-state index is 0.180. The van der Waals surface area contributed by atoms with Gasteiger partial charge in [0.05, 0.1) is 0 Å². The van der Waals surface area contributed by atoms with Crippen LogP contribution in [0.1, 0.15) is 50.0 Å². The van der Waals surface area contributed by atoms with Crippen LogP contribution in [0.25, 0.3) is 0 Å². The Bertz CT molecular complexity index is 641. The van der Waals surface area contributed by atoms with Gasteiger partial charge in [-0.1, -0.05) is 33.8 Å². The smallest absolute Gasteiger partial charge is 0.254 e. The second-order valence-corrected chi connectivity index (χ2v) is 8.02. The van der Waals surface area contributed by atoms with Crippen molar-refractivity contribution in [3.63, 3.8) is 0 Å². The van der Waals surface area contributed by atoms with Crippen molar-refractivity contribution in [3.05, 3.63) is 29.3 Å². The first-order chi connectivity index (χ1) is 9.79. The Hall–Kier alpha value is -1.51. The molecule has 2 aliphatic carbocycles. The van der Waals surface area contributed by atoms with E-state index < -0.39 is 0 Å². The molecule has 3 aliphatic rings. The normalized spacial score (nSPS) is 39.3. The van der Waals surface area contributed by atoms with E-state index in [-0.39, 0.29) is 11.3 Å². The van der Waals surface area contributed by atoms with Gasteiger partial charge in [0.1, 0.15) is 0 Å². The van der Waals surface area contributed by atoms with E-state index in [0.29, 0.717) is 23.9 Å². The fraction of sp³-hybridized carbons (Fsp3) is 0.611. The van der Waals surface area contributed by atoms with Crippen LogP contribution < -0.4 is 5.73 Å². The van der Waals surface area contributed by atoms with E-state index in [1.54, 1.807) is 0 Å². The molecule has 2 fully saturated rings. The summed E-state index contributed by atoms with van der Waals surface area (Å²) in [6.45, 7) is 10.2. The number of rotatable bonds is 1. The average Bonchev–Trinajstić information content (AvgIpc) is 2.75. The number of carbonyl (C=O) groups excluding carboxylic acids is 1. The van der Waals surface area contributed by atoms with Gasteiger partial charge in [0.25, 0.3) is 5.91 Å². The van der Waals surface area contributed by atoms with Gasteiger partial charge in [0.15, 0.2) is 0 Å². The molecule has 3 nitrogen and oxygen atoms in total. The fourth-order valence-corrected chi connectivity index (χ4v) is 5.60. The average molecular weight is 284 g/mol. The van der Waals surface area contributed by atoms with Gasteiger partial charge in [0, 0.05) is 29.4 Å². The summed E-state index contributed by atoms with van der Waals surface area (Å²) in [6, 6.07) is 6.08. The number of hydrogen-bond acceptors (Lipinski definition) is 2. The summed E-state index contributed by atoms with van der Waals surface area (Å²) in [5.41, 5.74) is 9.36. The Morgan fingerprint density at radius 3 is 2.62 bits per heavy atom. The molecule has 0 radical (unpaired) electrons. The summed E-state index contributed by atoms with van der Waals surface area (Å²) < 4.78 is 0. The predicted octanol–water partition coefficient (Wildman–Crippen LogP) is 3.30. The second-order valence-electron chi connectivity index (χ2n) is 8.02. The zero-order valence-corrected chi connectivity index (χ0v) is 13.3. The highest BCUT2D eigenvalue weighted by Gasteiger charge is 2.72. The number of nitrogens with zero attached hydrogens (tertiary/aromatic N) is 1. The molecule has 4 rings (SSSR count). The van der Waals surface area contributed by atoms with Crippen molar-refractivity contribution in [2.75, 3.05) is 5.73 Å². The summed E-state index contributed by atoms with van der Waals surface area (Å²) in [4.78, 5) is 14.8. The Balaban J connectivity index is 1.64. The van der Waals surface area contributed by atoms with E-state index in [0.717, 1.165) is 29.2 Å². The van der Waals surface area contributed by atoms with Crippen LogP contribution in [0.5, 0.6) is 0 Å². The van der Waals surface area contributed by atoms with Gasteiger partial charge >= 0.3 is 0 Å². The third kappa shape index (κ3) is 1.29. The van der Waals surface area contributed by atoms with Crippen molar-refractivity contribution in [1.82, 2.24) is 4.90 Å². The highest BCUT2D eigenvalue weighted by atomic mass is 16.2. The SMILES string of the molecule is C[C@@H]1C(C)(C)[C@H]2C[C@H](N3Cc4c(N)cccc4C3=O)[C@]12C. The van der Waals surface area contributed by atoms with Crippen LogP contribution in [-0.4, -0.2) is 16.8 Å². The van der Waals surface area contributed by atoms with Gasteiger partial charge in [-0.25, -0.2) is 0 Å². The van der Waals surface area contributed by atoms with Crippen molar-refractivity contribution in [3.8, 4) is 0 Å². The maximum Gasteiger partial charge on any atom is 0.254 e. The summed E-state index contributed by atoms with van der Waals surface area (Å²) in [5.74, 6) is 1.58. The van der Waals surface area contributed by atoms with Crippen LogP contribution in [0, 0.1) is 22.7 Å². The van der Waals surface area contributed by atoms with E-state index in [1.807, 2.05) is 18.2 Å². The Morgan fingerprint density at radius 1 is 1.29 bits per heavy atom. The lowest BCUT2D eigenvalue weighted by molar-refractivity contribution is -0.272. The molecule has 3 heteroatoms. The lowest BCUT2D eigenvalue weighted by atomic mass is 9.31. The number of benzene rings is 1. The number of hydrogen-bond donors (Lipinski definition) is 1. The first kappa shape index (κ1) is 13.2. The molecule has 1 aromatic carbocycles. The molecule has 1 aliphatic heterocycles. The topological polar surface area (TPSA) is 46.3 Å². The van der Waals surface area contributed by atoms with Crippen LogP contribution >= 0.6 is 0 Å². The molecule has 2 N–H and O–H groups in total. The highest BCUT2D eigenvalue weighted by molar-refractivity contribution is 6.00. The van der Waals surface area contributed by atoms with Crippen molar-refractivity contribution >= 4 is 11.6 Å². The summed E-state index contributed by atoms with van der Waals surface area (Å²) >= 11 is 0. The highest BCUT2D eigenvalue weighted by Crippen LogP contribution is 2.74. The molecule has 1 heterocycles. The molecule has 4 atom stereocenters. The van der Waals surface area contributed by atoms with Gasteiger partial charge in [-0.15, -0.1) is 0 Å². The number of fused-ring (bicyclic) bond motifs is 2. The van der Waals surface area contributed by atoms with Crippen LogP contribution in [-0.2, 0) is 6.54 Å². The van der Waals surface area contributed by atoms with Crippen LogP contribution in [0.4, 0.5) is 5.69 Å². The van der Waals surface area contributed by atoms with Gasteiger partial charge in [0.2, 0.25) is 0 Å². The van der Waals surface area contributed by atoms with Crippen LogP contribution in [0.2, 0.25) is 0 Å². The zero-order chi connectivity index (χ0) is 15.2. The summed E-state index contributed by atoms with van der Waals surface area (Å²) in [5, 5.41) is 0. The van der Waals surface area contributed by atoms with E-state index >= 15 is 0 Å². The number of anilines is 1. The third-order valence-electron chi connectivity index (χ3n) is 7.28. The molecule has 21 heavy (non-hydrogen) atoms. The van der Waals surface area contributed by atoms with Crippen molar-refractivity contribution in [2.24, 2.45) is 22.7 Å². The predicted molar refractivity (Wildman–Crippen MR) is 83.7 cm³/mol. The van der Waals surface area contributed by atoms with Gasteiger partial charge in [-0.2, -0.15) is 0 Å². The summed E-state index contributed by atoms with van der Waals surface area (Å²) in [7, 11) is 0. The lowest BCUT2D eigenvalue weighted by Crippen LogP contribution is -2.76. The molecule has 0 spiro atoms. The standard InChI is InChI=1S/C18H24N2O/c1-10-17(2,3)14-8-15(18(10,14)4)20-9-12-11(16(20)21)6-5-7-13(12)19/h5-7,10,14-15H,8-9,19H2,1-4H3/t10-,14-,15+,18-/m1/s1. The number of nitrogens with two attached hydrogens (primary N) is 1. The molecule has 1 amide bonds. The van der Waals surface area contributed by atoms with E-state index in [9.17, 15) is 4.79 Å². The Morgan fingerprint density at radius 2 is 2.00 bits per heavy atom. The molecule has 0 bridgehead atoms. The lowest BCUT2D eigenvalue weighted by Gasteiger charge is -2.76. The molecule has 2 saturated carbocycles. The van der Waals surface area contributed by atoms with E-state index in [2.05, 4.69) is 32.6 Å². The quantitative estimate of drug-likeness (QED) is 0.804. The first-order valence-corrected chi connectivity index (χ1v) is 7.98. The minimum Gasteiger partial charge on any atom is -0.398 e. The molecule has 1 aromatic rings. The fourth-order valence-electron chi connectivity index (χ4n) is 5.60. The molecule has 0 unspecified atom stereocenters. The maximum atomic E-state index is 12.7. The van der Waals surface area contributed by atoms with Gasteiger partial charge in [-0.05, 0) is 41.2 Å². The monoisotopic (exact) mass is 284 g/mol. The van der Waals surface area contributed by atoms with Crippen molar-refractivity contribution < 1.29 is 4.79 Å². The molecular weight excluding hydrogens is 260 g/mol. The molecule has 0 saturated heterocycles. The Kier molecular flexibility index (Phi) is 2.28. The Labute approximate surface area is 126 Å². The van der Waals surface area contributed by atoms with Crippen molar-refractivity contribution in [2.45, 2.75) is 46.7 Å². The first-order valence-electron chi connectivity index (χ1n) is 7.98. The van der Waals surface area contributed by atoms with E-state index in [4.69, 9.17) is 5.73 Å². The second kappa shape index (κ2) is 3.63. The number of carbonyl (C=O) groups is 1.